The fraction of sp³-hybridized carbons (Fsp3) is 0.714. The quantitative estimate of drug-likeness (QED) is 0.475. The molecule has 1 unspecified atom stereocenters. The molecule has 1 saturated heterocycles. The molecule has 1 N–H and O–H groups in total. The van der Waals surface area contributed by atoms with Gasteiger partial charge in [-0.15, -0.1) is 12.4 Å². The van der Waals surface area contributed by atoms with Gasteiger partial charge < -0.3 is 10.1 Å². The average Bonchev–Trinajstić information content (AvgIpc) is 2.04. The van der Waals surface area contributed by atoms with Gasteiger partial charge in [-0.3, -0.25) is 9.59 Å². The first kappa shape index (κ1) is 11.2. The Bertz CT molecular complexity index is 175. The number of methoxy groups -OCH3 is 1. The molecule has 0 aromatic heterocycles. The van der Waals surface area contributed by atoms with Crippen molar-refractivity contribution in [2.75, 3.05) is 13.7 Å². The van der Waals surface area contributed by atoms with Gasteiger partial charge in [0, 0.05) is 6.54 Å². The number of halogens is 1. The smallest absolute Gasteiger partial charge is 0.318 e. The maximum atomic E-state index is 11.0. The maximum absolute atomic E-state index is 11.0. The topological polar surface area (TPSA) is 55.4 Å². The van der Waals surface area contributed by atoms with Crippen LogP contribution in [-0.4, -0.2) is 25.5 Å². The lowest BCUT2D eigenvalue weighted by atomic mass is 9.99. The van der Waals surface area contributed by atoms with Crippen LogP contribution in [0, 0.1) is 5.92 Å². The van der Waals surface area contributed by atoms with Crippen molar-refractivity contribution in [3.05, 3.63) is 0 Å². The van der Waals surface area contributed by atoms with Crippen LogP contribution >= 0.6 is 12.4 Å². The van der Waals surface area contributed by atoms with Crippen LogP contribution in [-0.2, 0) is 14.3 Å². The molecule has 1 amide bonds. The summed E-state index contributed by atoms with van der Waals surface area (Å²) in [6.07, 6.45) is 1.46. The van der Waals surface area contributed by atoms with Crippen molar-refractivity contribution < 1.29 is 14.3 Å². The molecule has 1 fully saturated rings. The van der Waals surface area contributed by atoms with Crippen molar-refractivity contribution in [2.24, 2.45) is 5.92 Å². The summed E-state index contributed by atoms with van der Waals surface area (Å²) in [5.41, 5.74) is 0. The Morgan fingerprint density at radius 2 is 2.33 bits per heavy atom. The highest BCUT2D eigenvalue weighted by molar-refractivity contribution is 5.98. The van der Waals surface area contributed by atoms with E-state index < -0.39 is 11.9 Å². The molecule has 0 aromatic rings. The van der Waals surface area contributed by atoms with Gasteiger partial charge in [0.1, 0.15) is 5.92 Å². The summed E-state index contributed by atoms with van der Waals surface area (Å²) >= 11 is 0. The first-order valence-corrected chi connectivity index (χ1v) is 3.61. The number of carbonyl (C=O) groups is 2. The van der Waals surface area contributed by atoms with E-state index in [-0.39, 0.29) is 18.3 Å². The van der Waals surface area contributed by atoms with Crippen molar-refractivity contribution >= 4 is 24.3 Å². The van der Waals surface area contributed by atoms with E-state index in [1.165, 1.54) is 7.11 Å². The Balaban J connectivity index is 0.00000121. The number of esters is 1. The number of amides is 1. The summed E-state index contributed by atoms with van der Waals surface area (Å²) in [6.45, 7) is 0.673. The number of rotatable bonds is 1. The van der Waals surface area contributed by atoms with Crippen LogP contribution in [0.25, 0.3) is 0 Å². The van der Waals surface area contributed by atoms with Gasteiger partial charge in [0.2, 0.25) is 5.91 Å². The minimum atomic E-state index is -0.575. The van der Waals surface area contributed by atoms with Gasteiger partial charge >= 0.3 is 5.97 Å². The third-order valence-electron chi connectivity index (χ3n) is 1.77. The van der Waals surface area contributed by atoms with E-state index in [0.29, 0.717) is 13.0 Å². The largest absolute Gasteiger partial charge is 0.468 e. The monoisotopic (exact) mass is 193 g/mol. The van der Waals surface area contributed by atoms with Crippen LogP contribution in [0.4, 0.5) is 0 Å². The van der Waals surface area contributed by atoms with Gasteiger partial charge in [0.25, 0.3) is 0 Å². The Morgan fingerprint density at radius 1 is 1.67 bits per heavy atom. The summed E-state index contributed by atoms with van der Waals surface area (Å²) in [4.78, 5) is 21.9. The third kappa shape index (κ3) is 2.37. The van der Waals surface area contributed by atoms with Crippen LogP contribution in [0.5, 0.6) is 0 Å². The van der Waals surface area contributed by atoms with E-state index in [2.05, 4.69) is 10.1 Å². The maximum Gasteiger partial charge on any atom is 0.318 e. The second-order valence-electron chi connectivity index (χ2n) is 2.51. The molecular weight excluding hydrogens is 182 g/mol. The van der Waals surface area contributed by atoms with E-state index in [1.54, 1.807) is 0 Å². The van der Waals surface area contributed by atoms with Crippen molar-refractivity contribution in [1.29, 1.82) is 0 Å². The second-order valence-corrected chi connectivity index (χ2v) is 2.51. The summed E-state index contributed by atoms with van der Waals surface area (Å²) in [5, 5.41) is 2.61. The first-order valence-electron chi connectivity index (χ1n) is 3.61. The highest BCUT2D eigenvalue weighted by atomic mass is 35.5. The zero-order chi connectivity index (χ0) is 8.27. The van der Waals surface area contributed by atoms with Crippen molar-refractivity contribution in [2.45, 2.75) is 12.8 Å². The van der Waals surface area contributed by atoms with Gasteiger partial charge in [-0.1, -0.05) is 0 Å². The molecule has 1 heterocycles. The SMILES string of the molecule is COC(=O)C1CCCNC1=O.Cl. The number of ether oxygens (including phenoxy) is 1. The van der Waals surface area contributed by atoms with E-state index >= 15 is 0 Å². The molecule has 12 heavy (non-hydrogen) atoms. The van der Waals surface area contributed by atoms with Crippen LogP contribution < -0.4 is 5.32 Å². The molecule has 70 valence electrons. The van der Waals surface area contributed by atoms with Crippen molar-refractivity contribution in [3.8, 4) is 0 Å². The number of hydrogen-bond acceptors (Lipinski definition) is 3. The van der Waals surface area contributed by atoms with Crippen LogP contribution in [0.1, 0.15) is 12.8 Å². The predicted octanol–water partition coefficient (Wildman–Crippen LogP) is 0.107. The number of nitrogens with one attached hydrogen (secondary N) is 1. The number of piperidine rings is 1. The van der Waals surface area contributed by atoms with E-state index in [4.69, 9.17) is 0 Å². The summed E-state index contributed by atoms with van der Waals surface area (Å²) in [7, 11) is 1.30. The lowest BCUT2D eigenvalue weighted by Crippen LogP contribution is -2.40. The zero-order valence-electron chi connectivity index (χ0n) is 6.83. The molecule has 4 nitrogen and oxygen atoms in total. The highest BCUT2D eigenvalue weighted by Gasteiger charge is 2.29. The number of hydrogen-bond donors (Lipinski definition) is 1. The lowest BCUT2D eigenvalue weighted by Gasteiger charge is -2.19. The van der Waals surface area contributed by atoms with Crippen LogP contribution in [0.3, 0.4) is 0 Å². The normalized spacial score (nSPS) is 22.1. The molecule has 1 atom stereocenters. The van der Waals surface area contributed by atoms with E-state index in [0.717, 1.165) is 6.42 Å². The average molecular weight is 194 g/mol. The second kappa shape index (κ2) is 4.98. The first-order chi connectivity index (χ1) is 5.25. The summed E-state index contributed by atoms with van der Waals surface area (Å²) in [5.74, 6) is -1.21. The Labute approximate surface area is 77.1 Å². The van der Waals surface area contributed by atoms with Gasteiger partial charge in [-0.05, 0) is 12.8 Å². The molecule has 0 radical (unpaired) electrons. The van der Waals surface area contributed by atoms with Gasteiger partial charge in [-0.2, -0.15) is 0 Å². The Morgan fingerprint density at radius 3 is 2.83 bits per heavy atom. The molecule has 0 aliphatic carbocycles. The molecule has 5 heteroatoms. The van der Waals surface area contributed by atoms with Gasteiger partial charge in [-0.25, -0.2) is 0 Å². The molecule has 0 saturated carbocycles. The zero-order valence-corrected chi connectivity index (χ0v) is 7.65. The van der Waals surface area contributed by atoms with Gasteiger partial charge in [0.15, 0.2) is 0 Å². The molecule has 0 aromatic carbocycles. The van der Waals surface area contributed by atoms with E-state index in [9.17, 15) is 9.59 Å². The fourth-order valence-electron chi connectivity index (χ4n) is 1.14. The standard InChI is InChI=1S/C7H11NO3.ClH/c1-11-7(10)5-3-2-4-8-6(5)9;/h5H,2-4H2,1H3,(H,8,9);1H. The lowest BCUT2D eigenvalue weighted by molar-refractivity contribution is -0.151. The third-order valence-corrected chi connectivity index (χ3v) is 1.77. The fourth-order valence-corrected chi connectivity index (χ4v) is 1.14. The molecule has 0 spiro atoms. The van der Waals surface area contributed by atoms with E-state index in [1.807, 2.05) is 0 Å². The molecule has 0 bridgehead atoms. The van der Waals surface area contributed by atoms with Crippen LogP contribution in [0.15, 0.2) is 0 Å². The minimum Gasteiger partial charge on any atom is -0.468 e. The molecule has 1 rings (SSSR count). The highest BCUT2D eigenvalue weighted by Crippen LogP contribution is 2.12. The minimum absolute atomic E-state index is 0. The molecular formula is C7H12ClNO3. The summed E-state index contributed by atoms with van der Waals surface area (Å²) < 4.78 is 4.46. The van der Waals surface area contributed by atoms with Crippen LogP contribution in [0.2, 0.25) is 0 Å². The molecule has 1 aliphatic rings. The Kier molecular flexibility index (Phi) is 4.66. The predicted molar refractivity (Wildman–Crippen MR) is 45.0 cm³/mol. The number of carbonyl (C=O) groups excluding carboxylic acids is 2. The summed E-state index contributed by atoms with van der Waals surface area (Å²) in [6, 6.07) is 0. The Hall–Kier alpha value is -0.770. The van der Waals surface area contributed by atoms with Crippen molar-refractivity contribution in [3.63, 3.8) is 0 Å². The molecule has 1 aliphatic heterocycles. The van der Waals surface area contributed by atoms with Gasteiger partial charge in [0.05, 0.1) is 7.11 Å². The van der Waals surface area contributed by atoms with Crippen molar-refractivity contribution in [1.82, 2.24) is 5.32 Å².